The molecule has 0 fully saturated rings. The molecule has 0 aromatic carbocycles. The van der Waals surface area contributed by atoms with E-state index in [1.54, 1.807) is 11.6 Å². The third-order valence-corrected chi connectivity index (χ3v) is 2.99. The lowest BCUT2D eigenvalue weighted by molar-refractivity contribution is 0.443. The predicted octanol–water partition coefficient (Wildman–Crippen LogP) is 1.48. The number of nitrogens with one attached hydrogen (secondary N) is 1. The molecule has 2 N–H and O–H groups in total. The van der Waals surface area contributed by atoms with Crippen LogP contribution in [-0.2, 0) is 13.5 Å². The highest BCUT2D eigenvalue weighted by atomic mass is 35.5. The smallest absolute Gasteiger partial charge is 0.258 e. The van der Waals surface area contributed by atoms with Gasteiger partial charge in [-0.15, -0.1) is 0 Å². The number of nitrogens with zero attached hydrogens (tertiary/aromatic N) is 3. The first-order valence-electron chi connectivity index (χ1n) is 5.54. The van der Waals surface area contributed by atoms with Crippen molar-refractivity contribution in [3.05, 3.63) is 27.3 Å². The van der Waals surface area contributed by atoms with Gasteiger partial charge in [-0.2, -0.15) is 4.98 Å². The summed E-state index contributed by atoms with van der Waals surface area (Å²) in [7, 11) is 1.70. The van der Waals surface area contributed by atoms with Gasteiger partial charge in [0, 0.05) is 7.05 Å². The lowest BCUT2D eigenvalue weighted by Crippen LogP contribution is -2.16. The number of H-pyrrole nitrogens is 1. The zero-order valence-corrected chi connectivity index (χ0v) is 10.8. The fourth-order valence-electron chi connectivity index (χ4n) is 1.68. The van der Waals surface area contributed by atoms with E-state index in [0.29, 0.717) is 23.0 Å². The fraction of sp³-hybridized carbons (Fsp3) is 0.364. The SMILES string of the molecule is CCCc1c(O)nc(-c2ncc(Cl)n2C)[nH]c1=O. The number of hydrogen-bond donors (Lipinski definition) is 2. The summed E-state index contributed by atoms with van der Waals surface area (Å²) in [5, 5.41) is 10.2. The molecule has 2 aromatic rings. The highest BCUT2D eigenvalue weighted by Gasteiger charge is 2.14. The Morgan fingerprint density at radius 2 is 2.28 bits per heavy atom. The predicted molar refractivity (Wildman–Crippen MR) is 67.7 cm³/mol. The van der Waals surface area contributed by atoms with Crippen molar-refractivity contribution in [2.75, 3.05) is 0 Å². The Hall–Kier alpha value is -1.82. The van der Waals surface area contributed by atoms with Crippen molar-refractivity contribution in [1.82, 2.24) is 19.5 Å². The lowest BCUT2D eigenvalue weighted by atomic mass is 10.2. The first-order chi connectivity index (χ1) is 8.54. The minimum Gasteiger partial charge on any atom is -0.493 e. The van der Waals surface area contributed by atoms with Crippen LogP contribution in [-0.4, -0.2) is 24.6 Å². The maximum absolute atomic E-state index is 11.8. The zero-order valence-electron chi connectivity index (χ0n) is 10.1. The van der Waals surface area contributed by atoms with E-state index in [2.05, 4.69) is 15.0 Å². The van der Waals surface area contributed by atoms with E-state index < -0.39 is 0 Å². The largest absolute Gasteiger partial charge is 0.493 e. The molecule has 0 atom stereocenters. The molecule has 2 heterocycles. The molecule has 0 bridgehead atoms. The van der Waals surface area contributed by atoms with Crippen LogP contribution in [0.5, 0.6) is 5.88 Å². The molecular formula is C11H13ClN4O2. The number of aromatic amines is 1. The molecule has 7 heteroatoms. The van der Waals surface area contributed by atoms with Crippen molar-refractivity contribution in [2.45, 2.75) is 19.8 Å². The molecular weight excluding hydrogens is 256 g/mol. The van der Waals surface area contributed by atoms with E-state index in [1.165, 1.54) is 6.20 Å². The topological polar surface area (TPSA) is 83.8 Å². The molecule has 6 nitrogen and oxygen atoms in total. The van der Waals surface area contributed by atoms with Gasteiger partial charge in [-0.3, -0.25) is 4.79 Å². The first-order valence-corrected chi connectivity index (χ1v) is 5.92. The van der Waals surface area contributed by atoms with Crippen molar-refractivity contribution in [2.24, 2.45) is 7.05 Å². The Morgan fingerprint density at radius 3 is 2.78 bits per heavy atom. The van der Waals surface area contributed by atoms with Crippen LogP contribution >= 0.6 is 11.6 Å². The summed E-state index contributed by atoms with van der Waals surface area (Å²) in [6, 6.07) is 0. The van der Waals surface area contributed by atoms with Crippen molar-refractivity contribution >= 4 is 11.6 Å². The number of imidazole rings is 1. The Kier molecular flexibility index (Phi) is 3.38. The molecule has 0 saturated carbocycles. The van der Waals surface area contributed by atoms with E-state index in [9.17, 15) is 9.90 Å². The van der Waals surface area contributed by atoms with E-state index in [1.807, 2.05) is 6.92 Å². The summed E-state index contributed by atoms with van der Waals surface area (Å²) in [5.41, 5.74) is -0.0555. The Morgan fingerprint density at radius 1 is 1.56 bits per heavy atom. The number of halogens is 1. The van der Waals surface area contributed by atoms with Gasteiger partial charge >= 0.3 is 0 Å². The van der Waals surface area contributed by atoms with Gasteiger partial charge in [0.15, 0.2) is 11.6 Å². The van der Waals surface area contributed by atoms with E-state index in [4.69, 9.17) is 11.6 Å². The van der Waals surface area contributed by atoms with Crippen molar-refractivity contribution in [3.8, 4) is 17.5 Å². The molecule has 96 valence electrons. The van der Waals surface area contributed by atoms with Gasteiger partial charge < -0.3 is 14.7 Å². The molecule has 0 aliphatic carbocycles. The normalized spacial score (nSPS) is 10.8. The quantitative estimate of drug-likeness (QED) is 0.883. The van der Waals surface area contributed by atoms with E-state index in [-0.39, 0.29) is 17.3 Å². The van der Waals surface area contributed by atoms with Crippen LogP contribution in [0, 0.1) is 0 Å². The second-order valence-corrected chi connectivity index (χ2v) is 4.32. The monoisotopic (exact) mass is 268 g/mol. The van der Waals surface area contributed by atoms with Gasteiger partial charge in [0.2, 0.25) is 5.88 Å². The molecule has 2 aromatic heterocycles. The van der Waals surface area contributed by atoms with Crippen LogP contribution in [0.1, 0.15) is 18.9 Å². The third kappa shape index (κ3) is 2.11. The molecule has 0 saturated heterocycles. The standard InChI is InChI=1S/C11H13ClN4O2/c1-3-4-6-10(17)14-8(15-11(6)18)9-13-5-7(12)16(9)2/h5H,3-4H2,1-2H3,(H2,14,15,17,18). The molecule has 2 rings (SSSR count). The average molecular weight is 269 g/mol. The van der Waals surface area contributed by atoms with Crippen LogP contribution in [0.2, 0.25) is 5.15 Å². The first kappa shape index (κ1) is 12.6. The molecule has 0 spiro atoms. The minimum atomic E-state index is -0.349. The van der Waals surface area contributed by atoms with Gasteiger partial charge in [-0.1, -0.05) is 24.9 Å². The van der Waals surface area contributed by atoms with Gasteiger partial charge in [0.1, 0.15) is 5.15 Å². The number of aromatic hydroxyl groups is 1. The number of aromatic nitrogens is 4. The Balaban J connectivity index is 2.55. The van der Waals surface area contributed by atoms with E-state index in [0.717, 1.165) is 6.42 Å². The number of rotatable bonds is 3. The highest BCUT2D eigenvalue weighted by Crippen LogP contribution is 2.19. The average Bonchev–Trinajstić information content (AvgIpc) is 2.65. The fourth-order valence-corrected chi connectivity index (χ4v) is 1.80. The number of hydrogen-bond acceptors (Lipinski definition) is 4. The van der Waals surface area contributed by atoms with Gasteiger partial charge in [0.05, 0.1) is 11.8 Å². The van der Waals surface area contributed by atoms with Crippen LogP contribution in [0.15, 0.2) is 11.0 Å². The van der Waals surface area contributed by atoms with E-state index >= 15 is 0 Å². The van der Waals surface area contributed by atoms with Crippen LogP contribution in [0.3, 0.4) is 0 Å². The second kappa shape index (κ2) is 4.81. The Bertz CT molecular complexity index is 632. The lowest BCUT2D eigenvalue weighted by Gasteiger charge is -2.05. The Labute approximate surface area is 108 Å². The molecule has 0 aliphatic rings. The van der Waals surface area contributed by atoms with Crippen LogP contribution in [0.4, 0.5) is 0 Å². The zero-order chi connectivity index (χ0) is 13.3. The molecule has 18 heavy (non-hydrogen) atoms. The summed E-state index contributed by atoms with van der Waals surface area (Å²) in [5.74, 6) is 0.344. The second-order valence-electron chi connectivity index (χ2n) is 3.93. The van der Waals surface area contributed by atoms with Crippen molar-refractivity contribution in [3.63, 3.8) is 0 Å². The molecule has 0 radical (unpaired) electrons. The molecule has 0 amide bonds. The maximum atomic E-state index is 11.8. The molecule has 0 aliphatic heterocycles. The summed E-state index contributed by atoms with van der Waals surface area (Å²) in [6.45, 7) is 1.92. The maximum Gasteiger partial charge on any atom is 0.258 e. The van der Waals surface area contributed by atoms with Crippen molar-refractivity contribution in [1.29, 1.82) is 0 Å². The highest BCUT2D eigenvalue weighted by molar-refractivity contribution is 6.29. The van der Waals surface area contributed by atoms with Crippen LogP contribution in [0.25, 0.3) is 11.6 Å². The van der Waals surface area contributed by atoms with Crippen LogP contribution < -0.4 is 5.56 Å². The minimum absolute atomic E-state index is 0.201. The summed E-state index contributed by atoms with van der Waals surface area (Å²) in [6.07, 6.45) is 2.69. The molecule has 0 unspecified atom stereocenters. The summed E-state index contributed by atoms with van der Waals surface area (Å²) >= 11 is 5.86. The summed E-state index contributed by atoms with van der Waals surface area (Å²) in [4.78, 5) is 22.4. The van der Waals surface area contributed by atoms with Crippen molar-refractivity contribution < 1.29 is 5.11 Å². The summed E-state index contributed by atoms with van der Waals surface area (Å²) < 4.78 is 1.57. The van der Waals surface area contributed by atoms with Gasteiger partial charge in [0.25, 0.3) is 5.56 Å². The third-order valence-electron chi connectivity index (χ3n) is 2.64. The van der Waals surface area contributed by atoms with Gasteiger partial charge in [-0.05, 0) is 6.42 Å². The van der Waals surface area contributed by atoms with Gasteiger partial charge in [-0.25, -0.2) is 4.98 Å².